The van der Waals surface area contributed by atoms with E-state index < -0.39 is 5.97 Å². The van der Waals surface area contributed by atoms with Gasteiger partial charge >= 0.3 is 35.5 Å². The zero-order valence-corrected chi connectivity index (χ0v) is 9.78. The molecule has 0 saturated carbocycles. The van der Waals surface area contributed by atoms with Crippen molar-refractivity contribution in [2.75, 3.05) is 7.11 Å². The molecular weight excluding hydrogens is 179 g/mol. The number of aliphatic carboxylic acids is 1. The zero-order valence-electron chi connectivity index (χ0n) is 8.78. The topological polar surface area (TPSA) is 46.5 Å². The van der Waals surface area contributed by atoms with Crippen molar-refractivity contribution in [3.63, 3.8) is 0 Å². The van der Waals surface area contributed by atoms with Crippen LogP contribution in [0.3, 0.4) is 0 Å². The molecule has 1 aromatic carbocycles. The maximum absolute atomic E-state index is 10.3. The molecule has 0 aliphatic heterocycles. The Kier molecular flexibility index (Phi) is 5.79. The smallest absolute Gasteiger partial charge is 1.00 e. The standard InChI is InChI=1S/C9H10O3.Na.H/c1-12-8-4-2-7(3-5-8)6-9(10)11;;/h2-5H,6H2,1H3,(H,10,11);;/q;+1;-1. The van der Waals surface area contributed by atoms with E-state index in [2.05, 4.69) is 0 Å². The van der Waals surface area contributed by atoms with Crippen molar-refractivity contribution in [1.82, 2.24) is 0 Å². The van der Waals surface area contributed by atoms with Gasteiger partial charge in [0.05, 0.1) is 13.5 Å². The van der Waals surface area contributed by atoms with Crippen molar-refractivity contribution < 1.29 is 45.6 Å². The number of benzene rings is 1. The summed E-state index contributed by atoms with van der Waals surface area (Å²) in [6.45, 7) is 0. The van der Waals surface area contributed by atoms with Gasteiger partial charge in [0.1, 0.15) is 5.75 Å². The third-order valence-corrected chi connectivity index (χ3v) is 1.51. The molecule has 0 heterocycles. The molecule has 0 aliphatic carbocycles. The van der Waals surface area contributed by atoms with E-state index in [-0.39, 0.29) is 37.4 Å². The van der Waals surface area contributed by atoms with E-state index in [4.69, 9.17) is 9.84 Å². The summed E-state index contributed by atoms with van der Waals surface area (Å²) in [7, 11) is 1.58. The Morgan fingerprint density at radius 3 is 2.38 bits per heavy atom. The van der Waals surface area contributed by atoms with Gasteiger partial charge in [-0.2, -0.15) is 0 Å². The fourth-order valence-corrected chi connectivity index (χ4v) is 0.918. The number of carbonyl (C=O) groups is 1. The van der Waals surface area contributed by atoms with Crippen LogP contribution >= 0.6 is 0 Å². The van der Waals surface area contributed by atoms with Gasteiger partial charge in [0.15, 0.2) is 0 Å². The van der Waals surface area contributed by atoms with Crippen LogP contribution in [0.15, 0.2) is 24.3 Å². The Morgan fingerprint density at radius 1 is 1.46 bits per heavy atom. The summed E-state index contributed by atoms with van der Waals surface area (Å²) in [5, 5.41) is 8.46. The van der Waals surface area contributed by atoms with Gasteiger partial charge in [-0.3, -0.25) is 4.79 Å². The maximum Gasteiger partial charge on any atom is 1.00 e. The summed E-state index contributed by atoms with van der Waals surface area (Å²) in [6.07, 6.45) is 0.0595. The second-order valence-corrected chi connectivity index (χ2v) is 2.42. The first-order valence-corrected chi connectivity index (χ1v) is 3.57. The molecule has 1 aromatic rings. The quantitative estimate of drug-likeness (QED) is 0.586. The SMILES string of the molecule is COc1ccc(CC(=O)O)cc1.[H-].[Na+]. The summed E-state index contributed by atoms with van der Waals surface area (Å²) in [5.74, 6) is -0.0793. The largest absolute Gasteiger partial charge is 1.00 e. The Bertz CT molecular complexity index is 274. The number of hydrogen-bond acceptors (Lipinski definition) is 2. The second kappa shape index (κ2) is 6.02. The molecule has 0 amide bonds. The Morgan fingerprint density at radius 2 is 2.00 bits per heavy atom. The van der Waals surface area contributed by atoms with Crippen molar-refractivity contribution in [2.45, 2.75) is 6.42 Å². The number of rotatable bonds is 3. The van der Waals surface area contributed by atoms with Gasteiger partial charge in [-0.05, 0) is 17.7 Å². The van der Waals surface area contributed by atoms with Crippen molar-refractivity contribution in [3.05, 3.63) is 29.8 Å². The van der Waals surface area contributed by atoms with Gasteiger partial charge in [-0.25, -0.2) is 0 Å². The van der Waals surface area contributed by atoms with Gasteiger partial charge < -0.3 is 11.3 Å². The first-order valence-electron chi connectivity index (χ1n) is 3.57. The minimum Gasteiger partial charge on any atom is -1.00 e. The monoisotopic (exact) mass is 190 g/mol. The van der Waals surface area contributed by atoms with E-state index in [1.807, 2.05) is 0 Å². The van der Waals surface area contributed by atoms with E-state index in [1.165, 1.54) is 0 Å². The molecule has 0 radical (unpaired) electrons. The van der Waals surface area contributed by atoms with E-state index >= 15 is 0 Å². The van der Waals surface area contributed by atoms with Crippen LogP contribution in [-0.4, -0.2) is 18.2 Å². The summed E-state index contributed by atoms with van der Waals surface area (Å²) < 4.78 is 4.93. The minimum atomic E-state index is -0.819. The first kappa shape index (κ1) is 12.5. The predicted octanol–water partition coefficient (Wildman–Crippen LogP) is -1.56. The van der Waals surface area contributed by atoms with Crippen LogP contribution in [0.1, 0.15) is 6.99 Å². The molecule has 0 atom stereocenters. The number of ether oxygens (including phenoxy) is 1. The van der Waals surface area contributed by atoms with Gasteiger partial charge in [-0.1, -0.05) is 12.1 Å². The van der Waals surface area contributed by atoms with Crippen LogP contribution in [0.4, 0.5) is 0 Å². The first-order chi connectivity index (χ1) is 5.72. The van der Waals surface area contributed by atoms with E-state index in [9.17, 15) is 4.79 Å². The van der Waals surface area contributed by atoms with Gasteiger partial charge in [-0.15, -0.1) is 0 Å². The van der Waals surface area contributed by atoms with Crippen LogP contribution < -0.4 is 34.3 Å². The van der Waals surface area contributed by atoms with Gasteiger partial charge in [0, 0.05) is 0 Å². The number of hydrogen-bond donors (Lipinski definition) is 1. The number of carboxylic acid groups (broad SMARTS) is 1. The molecule has 0 unspecified atom stereocenters. The predicted molar refractivity (Wildman–Crippen MR) is 45.4 cm³/mol. The molecule has 4 heteroatoms. The average Bonchev–Trinajstić information content (AvgIpc) is 2.05. The normalized spacial score (nSPS) is 8.69. The number of methoxy groups -OCH3 is 1. The molecule has 66 valence electrons. The van der Waals surface area contributed by atoms with Crippen molar-refractivity contribution in [3.8, 4) is 5.75 Å². The van der Waals surface area contributed by atoms with Gasteiger partial charge in [0.2, 0.25) is 0 Å². The third-order valence-electron chi connectivity index (χ3n) is 1.51. The molecule has 3 nitrogen and oxygen atoms in total. The second-order valence-electron chi connectivity index (χ2n) is 2.42. The Balaban J connectivity index is 0. The Labute approximate surface area is 100 Å². The Hall–Kier alpha value is -0.510. The van der Waals surface area contributed by atoms with Gasteiger partial charge in [0.25, 0.3) is 0 Å². The fourth-order valence-electron chi connectivity index (χ4n) is 0.918. The summed E-state index contributed by atoms with van der Waals surface area (Å²) in [5.41, 5.74) is 0.781. The molecule has 0 aromatic heterocycles. The van der Waals surface area contributed by atoms with Crippen LogP contribution in [0.25, 0.3) is 0 Å². The molecule has 0 aliphatic rings. The molecule has 1 N–H and O–H groups in total. The molecule has 0 spiro atoms. The summed E-state index contributed by atoms with van der Waals surface area (Å²) in [4.78, 5) is 10.3. The third kappa shape index (κ3) is 4.31. The molecular formula is C9H11NaO3. The molecule has 0 fully saturated rings. The molecule has 1 rings (SSSR count). The maximum atomic E-state index is 10.3. The zero-order chi connectivity index (χ0) is 8.97. The number of carboxylic acids is 1. The van der Waals surface area contributed by atoms with Crippen LogP contribution in [0.5, 0.6) is 5.75 Å². The van der Waals surface area contributed by atoms with Crippen LogP contribution in [0, 0.1) is 0 Å². The molecule has 0 bridgehead atoms. The molecule has 0 saturated heterocycles. The van der Waals surface area contributed by atoms with E-state index in [1.54, 1.807) is 31.4 Å². The van der Waals surface area contributed by atoms with E-state index in [0.717, 1.165) is 11.3 Å². The average molecular weight is 190 g/mol. The van der Waals surface area contributed by atoms with E-state index in [0.29, 0.717) is 0 Å². The van der Waals surface area contributed by atoms with Crippen LogP contribution in [0.2, 0.25) is 0 Å². The van der Waals surface area contributed by atoms with Crippen molar-refractivity contribution in [2.24, 2.45) is 0 Å². The summed E-state index contributed by atoms with van der Waals surface area (Å²) >= 11 is 0. The van der Waals surface area contributed by atoms with Crippen LogP contribution in [-0.2, 0) is 11.2 Å². The molecule has 13 heavy (non-hydrogen) atoms. The summed E-state index contributed by atoms with van der Waals surface area (Å²) in [6, 6.07) is 6.98. The minimum absolute atomic E-state index is 0. The van der Waals surface area contributed by atoms with Crippen molar-refractivity contribution >= 4 is 5.97 Å². The fraction of sp³-hybridized carbons (Fsp3) is 0.222. The van der Waals surface area contributed by atoms with Crippen molar-refractivity contribution in [1.29, 1.82) is 0 Å².